The molecule has 0 radical (unpaired) electrons. The van der Waals surface area contributed by atoms with E-state index in [1.54, 1.807) is 11.5 Å². The number of hydrogen-bond acceptors (Lipinski definition) is 4. The van der Waals surface area contributed by atoms with Crippen LogP contribution in [0.5, 0.6) is 0 Å². The molecule has 0 saturated heterocycles. The fraction of sp³-hybridized carbons (Fsp3) is 0.533. The van der Waals surface area contributed by atoms with Gasteiger partial charge in [0.05, 0.1) is 5.52 Å². The second-order valence-corrected chi connectivity index (χ2v) is 6.16. The zero-order valence-corrected chi connectivity index (χ0v) is 12.4. The summed E-state index contributed by atoms with van der Waals surface area (Å²) in [5, 5.41) is 6.02. The Kier molecular flexibility index (Phi) is 3.71. The molecule has 3 rings (SSSR count). The molecule has 0 atom stereocenters. The summed E-state index contributed by atoms with van der Waals surface area (Å²) in [5.74, 6) is 0. The minimum Gasteiger partial charge on any atom is -0.362 e. The molecular formula is C15H21N3S. The number of aromatic nitrogens is 1. The van der Waals surface area contributed by atoms with Crippen LogP contribution in [0.4, 0.5) is 5.00 Å². The van der Waals surface area contributed by atoms with Gasteiger partial charge < -0.3 is 10.2 Å². The zero-order valence-electron chi connectivity index (χ0n) is 11.6. The van der Waals surface area contributed by atoms with Gasteiger partial charge in [-0.1, -0.05) is 12.1 Å². The lowest BCUT2D eigenvalue weighted by atomic mass is 9.90. The average Bonchev–Trinajstić information content (AvgIpc) is 2.90. The highest BCUT2D eigenvalue weighted by Crippen LogP contribution is 2.34. The number of nitrogens with zero attached hydrogens (tertiary/aromatic N) is 2. The van der Waals surface area contributed by atoms with E-state index in [2.05, 4.69) is 53.0 Å². The molecule has 1 aromatic carbocycles. The van der Waals surface area contributed by atoms with Crippen LogP contribution in [0.3, 0.4) is 0 Å². The molecule has 102 valence electrons. The topological polar surface area (TPSA) is 28.2 Å². The molecule has 1 heterocycles. The molecule has 0 spiro atoms. The van der Waals surface area contributed by atoms with Gasteiger partial charge in [0, 0.05) is 24.5 Å². The third-order valence-electron chi connectivity index (χ3n) is 4.34. The van der Waals surface area contributed by atoms with Crippen molar-refractivity contribution in [1.82, 2.24) is 9.69 Å². The van der Waals surface area contributed by atoms with Gasteiger partial charge in [0.15, 0.2) is 0 Å². The fourth-order valence-corrected chi connectivity index (χ4v) is 3.94. The Morgan fingerprint density at radius 2 is 1.95 bits per heavy atom. The summed E-state index contributed by atoms with van der Waals surface area (Å²) >= 11 is 1.63. The second kappa shape index (κ2) is 5.47. The van der Waals surface area contributed by atoms with Crippen molar-refractivity contribution in [2.24, 2.45) is 0 Å². The first-order valence-corrected chi connectivity index (χ1v) is 7.81. The summed E-state index contributed by atoms with van der Waals surface area (Å²) in [6, 6.07) is 9.82. The lowest BCUT2D eigenvalue weighted by Crippen LogP contribution is -2.39. The molecule has 0 unspecified atom stereocenters. The van der Waals surface area contributed by atoms with Gasteiger partial charge in [-0.25, -0.2) is 0 Å². The lowest BCUT2D eigenvalue weighted by molar-refractivity contribution is 0.352. The van der Waals surface area contributed by atoms with Gasteiger partial charge in [-0.3, -0.25) is 0 Å². The molecule has 2 aromatic rings. The van der Waals surface area contributed by atoms with Crippen molar-refractivity contribution in [1.29, 1.82) is 0 Å². The van der Waals surface area contributed by atoms with Gasteiger partial charge >= 0.3 is 0 Å². The third kappa shape index (κ3) is 2.47. The quantitative estimate of drug-likeness (QED) is 0.932. The van der Waals surface area contributed by atoms with E-state index in [0.29, 0.717) is 12.1 Å². The Bertz CT molecular complexity index is 543. The maximum atomic E-state index is 4.55. The van der Waals surface area contributed by atoms with E-state index in [1.165, 1.54) is 36.1 Å². The maximum absolute atomic E-state index is 4.55. The first-order chi connectivity index (χ1) is 9.29. The minimum absolute atomic E-state index is 0.661. The van der Waals surface area contributed by atoms with Crippen LogP contribution in [0.25, 0.3) is 10.9 Å². The Morgan fingerprint density at radius 3 is 2.68 bits per heavy atom. The monoisotopic (exact) mass is 275 g/mol. The van der Waals surface area contributed by atoms with E-state index in [0.717, 1.165) is 5.52 Å². The predicted octanol–water partition coefficient (Wildman–Crippen LogP) is 3.26. The van der Waals surface area contributed by atoms with Crippen LogP contribution in [0.1, 0.15) is 25.7 Å². The summed E-state index contributed by atoms with van der Waals surface area (Å²) in [5.41, 5.74) is 1.12. The normalized spacial score (nSPS) is 23.7. The number of anilines is 1. The SMILES string of the molecule is CNC1CCC(N(C)c2snc3ccccc23)CC1. The van der Waals surface area contributed by atoms with Crippen molar-refractivity contribution in [2.75, 3.05) is 19.0 Å². The van der Waals surface area contributed by atoms with Crippen LogP contribution in [0.2, 0.25) is 0 Å². The molecule has 1 aromatic heterocycles. The second-order valence-electron chi connectivity index (χ2n) is 5.41. The van der Waals surface area contributed by atoms with Crippen molar-refractivity contribution < 1.29 is 0 Å². The van der Waals surface area contributed by atoms with Crippen molar-refractivity contribution >= 4 is 27.4 Å². The van der Waals surface area contributed by atoms with Crippen LogP contribution < -0.4 is 10.2 Å². The highest BCUT2D eigenvalue weighted by atomic mass is 32.1. The van der Waals surface area contributed by atoms with Gasteiger partial charge in [0.2, 0.25) is 0 Å². The third-order valence-corrected chi connectivity index (χ3v) is 5.31. The van der Waals surface area contributed by atoms with Crippen LogP contribution in [0, 0.1) is 0 Å². The number of fused-ring (bicyclic) bond motifs is 1. The van der Waals surface area contributed by atoms with E-state index < -0.39 is 0 Å². The van der Waals surface area contributed by atoms with Crippen molar-refractivity contribution in [2.45, 2.75) is 37.8 Å². The highest BCUT2D eigenvalue weighted by Gasteiger charge is 2.25. The molecule has 0 bridgehead atoms. The molecule has 19 heavy (non-hydrogen) atoms. The van der Waals surface area contributed by atoms with E-state index >= 15 is 0 Å². The number of nitrogens with one attached hydrogen (secondary N) is 1. The Morgan fingerprint density at radius 1 is 1.21 bits per heavy atom. The zero-order chi connectivity index (χ0) is 13.2. The lowest BCUT2D eigenvalue weighted by Gasteiger charge is -2.35. The van der Waals surface area contributed by atoms with E-state index in [9.17, 15) is 0 Å². The molecule has 3 nitrogen and oxygen atoms in total. The van der Waals surface area contributed by atoms with Gasteiger partial charge in [-0.2, -0.15) is 4.37 Å². The van der Waals surface area contributed by atoms with Crippen molar-refractivity contribution in [3.8, 4) is 0 Å². The Hall–Kier alpha value is -1.13. The molecule has 0 aliphatic heterocycles. The van der Waals surface area contributed by atoms with E-state index in [4.69, 9.17) is 0 Å². The Labute approximate surface area is 118 Å². The fourth-order valence-electron chi connectivity index (χ4n) is 3.05. The van der Waals surface area contributed by atoms with Crippen molar-refractivity contribution in [3.63, 3.8) is 0 Å². The summed E-state index contributed by atoms with van der Waals surface area (Å²) in [6.45, 7) is 0. The standard InChI is InChI=1S/C15H21N3S/c1-16-11-7-9-12(10-8-11)18(2)15-13-5-3-4-6-14(13)17-19-15/h3-6,11-12,16H,7-10H2,1-2H3. The smallest absolute Gasteiger partial charge is 0.119 e. The molecule has 4 heteroatoms. The summed E-state index contributed by atoms with van der Waals surface area (Å²) < 4.78 is 4.55. The first-order valence-electron chi connectivity index (χ1n) is 7.04. The average molecular weight is 275 g/mol. The number of hydrogen-bond donors (Lipinski definition) is 1. The van der Waals surface area contributed by atoms with Crippen LogP contribution in [-0.2, 0) is 0 Å². The van der Waals surface area contributed by atoms with Gasteiger partial charge in [-0.05, 0) is 56.4 Å². The van der Waals surface area contributed by atoms with Gasteiger partial charge in [0.25, 0.3) is 0 Å². The van der Waals surface area contributed by atoms with Crippen LogP contribution in [0.15, 0.2) is 24.3 Å². The maximum Gasteiger partial charge on any atom is 0.119 e. The van der Waals surface area contributed by atoms with Crippen molar-refractivity contribution in [3.05, 3.63) is 24.3 Å². The summed E-state index contributed by atoms with van der Waals surface area (Å²) in [7, 11) is 4.30. The summed E-state index contributed by atoms with van der Waals surface area (Å²) in [6.07, 6.45) is 5.10. The van der Waals surface area contributed by atoms with Crippen LogP contribution in [-0.4, -0.2) is 30.6 Å². The largest absolute Gasteiger partial charge is 0.362 e. The molecule has 0 amide bonds. The first kappa shape index (κ1) is 12.9. The molecule has 1 aliphatic carbocycles. The predicted molar refractivity (Wildman–Crippen MR) is 83.1 cm³/mol. The molecular weight excluding hydrogens is 254 g/mol. The molecule has 1 aliphatic rings. The molecule has 1 saturated carbocycles. The van der Waals surface area contributed by atoms with Gasteiger partial charge in [0.1, 0.15) is 5.00 Å². The van der Waals surface area contributed by atoms with Gasteiger partial charge in [-0.15, -0.1) is 0 Å². The molecule has 1 N–H and O–H groups in total. The Balaban J connectivity index is 1.79. The van der Waals surface area contributed by atoms with E-state index in [1.807, 2.05) is 0 Å². The number of rotatable bonds is 3. The number of benzene rings is 1. The minimum atomic E-state index is 0.661. The van der Waals surface area contributed by atoms with Crippen LogP contribution >= 0.6 is 11.5 Å². The van der Waals surface area contributed by atoms with E-state index in [-0.39, 0.29) is 0 Å². The molecule has 1 fully saturated rings. The highest BCUT2D eigenvalue weighted by molar-refractivity contribution is 7.11. The summed E-state index contributed by atoms with van der Waals surface area (Å²) in [4.78, 5) is 2.45.